The summed E-state index contributed by atoms with van der Waals surface area (Å²) in [6, 6.07) is 13.8. The van der Waals surface area contributed by atoms with Crippen molar-refractivity contribution in [2.75, 3.05) is 4.72 Å². The molecule has 0 aliphatic carbocycles. The van der Waals surface area contributed by atoms with Gasteiger partial charge in [0.25, 0.3) is 10.0 Å². The summed E-state index contributed by atoms with van der Waals surface area (Å²) in [6.07, 6.45) is 3.64. The van der Waals surface area contributed by atoms with Gasteiger partial charge in [0.15, 0.2) is 5.82 Å². The van der Waals surface area contributed by atoms with Crippen molar-refractivity contribution in [1.82, 2.24) is 14.8 Å². The Bertz CT molecular complexity index is 1430. The molecular weight excluding hydrogens is 434 g/mol. The molecule has 0 amide bonds. The van der Waals surface area contributed by atoms with Crippen molar-refractivity contribution in [3.63, 3.8) is 0 Å². The molecule has 1 aromatic heterocycles. The van der Waals surface area contributed by atoms with Crippen LogP contribution in [0.1, 0.15) is 25.1 Å². The van der Waals surface area contributed by atoms with E-state index in [1.165, 1.54) is 12.1 Å². The summed E-state index contributed by atoms with van der Waals surface area (Å²) in [5.41, 5.74) is -0.344. The zero-order chi connectivity index (χ0) is 22.3. The summed E-state index contributed by atoms with van der Waals surface area (Å²) in [5, 5.41) is 9.88. The summed E-state index contributed by atoms with van der Waals surface area (Å²) >= 11 is 0. The molecule has 0 saturated carbocycles. The van der Waals surface area contributed by atoms with Crippen LogP contribution in [-0.2, 0) is 23.0 Å². The van der Waals surface area contributed by atoms with Gasteiger partial charge in [0.1, 0.15) is 17.5 Å². The van der Waals surface area contributed by atoms with Crippen LogP contribution in [0, 0.1) is 11.6 Å². The summed E-state index contributed by atoms with van der Waals surface area (Å²) < 4.78 is 59.3. The van der Waals surface area contributed by atoms with Gasteiger partial charge >= 0.3 is 0 Å². The van der Waals surface area contributed by atoms with Crippen molar-refractivity contribution < 1.29 is 17.2 Å². The van der Waals surface area contributed by atoms with E-state index < -0.39 is 21.7 Å². The topological polar surface area (TPSA) is 76.9 Å². The largest absolute Gasteiger partial charge is 0.311 e. The first-order valence-corrected chi connectivity index (χ1v) is 11.8. The first-order valence-electron chi connectivity index (χ1n) is 10.4. The summed E-state index contributed by atoms with van der Waals surface area (Å²) in [7, 11) is -4.10. The first-order chi connectivity index (χ1) is 15.4. The minimum atomic E-state index is -4.10. The van der Waals surface area contributed by atoms with Gasteiger partial charge < -0.3 is 4.57 Å². The average Bonchev–Trinajstić information content (AvgIpc) is 3.02. The molecule has 0 radical (unpaired) electrons. The van der Waals surface area contributed by atoms with E-state index in [0.717, 1.165) is 48.3 Å². The molecule has 5 rings (SSSR count). The van der Waals surface area contributed by atoms with Gasteiger partial charge in [0.2, 0.25) is 0 Å². The van der Waals surface area contributed by atoms with Crippen molar-refractivity contribution in [2.45, 2.75) is 37.1 Å². The molecule has 1 aliphatic heterocycles. The zero-order valence-corrected chi connectivity index (χ0v) is 17.9. The lowest BCUT2D eigenvalue weighted by atomic mass is 10.1. The molecule has 1 N–H and O–H groups in total. The van der Waals surface area contributed by atoms with Crippen LogP contribution < -0.4 is 4.72 Å². The smallest absolute Gasteiger partial charge is 0.262 e. The van der Waals surface area contributed by atoms with E-state index in [9.17, 15) is 17.2 Å². The van der Waals surface area contributed by atoms with Gasteiger partial charge in [-0.2, -0.15) is 0 Å². The molecule has 0 unspecified atom stereocenters. The number of nitrogens with one attached hydrogen (secondary N) is 1. The lowest BCUT2D eigenvalue weighted by Crippen LogP contribution is -2.14. The molecule has 3 aromatic carbocycles. The van der Waals surface area contributed by atoms with Crippen molar-refractivity contribution in [1.29, 1.82) is 0 Å². The second kappa shape index (κ2) is 7.98. The minimum Gasteiger partial charge on any atom is -0.311 e. The van der Waals surface area contributed by atoms with Crippen LogP contribution in [0.25, 0.3) is 22.2 Å². The Morgan fingerprint density at radius 1 is 0.875 bits per heavy atom. The quantitative estimate of drug-likeness (QED) is 0.476. The molecule has 9 heteroatoms. The minimum absolute atomic E-state index is 0.00302. The fourth-order valence-electron chi connectivity index (χ4n) is 4.02. The van der Waals surface area contributed by atoms with Crippen LogP contribution in [0.15, 0.2) is 59.5 Å². The van der Waals surface area contributed by atoms with Gasteiger partial charge in [-0.05, 0) is 41.8 Å². The Morgan fingerprint density at radius 3 is 2.53 bits per heavy atom. The van der Waals surface area contributed by atoms with Gasteiger partial charge in [0, 0.05) is 19.0 Å². The van der Waals surface area contributed by atoms with E-state index in [0.29, 0.717) is 12.6 Å². The fraction of sp³-hybridized carbons (Fsp3) is 0.217. The monoisotopic (exact) mass is 454 g/mol. The number of halogens is 2. The maximum Gasteiger partial charge on any atom is 0.262 e. The van der Waals surface area contributed by atoms with Crippen LogP contribution in [0.5, 0.6) is 0 Å². The van der Waals surface area contributed by atoms with Crippen LogP contribution >= 0.6 is 0 Å². The lowest BCUT2D eigenvalue weighted by molar-refractivity contribution is 0.581. The fourth-order valence-corrected chi connectivity index (χ4v) is 5.11. The van der Waals surface area contributed by atoms with E-state index >= 15 is 0 Å². The first kappa shape index (κ1) is 20.6. The van der Waals surface area contributed by atoms with Crippen LogP contribution in [0.2, 0.25) is 0 Å². The van der Waals surface area contributed by atoms with E-state index in [2.05, 4.69) is 14.9 Å². The number of hydrogen-bond donors (Lipinski definition) is 1. The van der Waals surface area contributed by atoms with Crippen molar-refractivity contribution in [3.8, 4) is 11.4 Å². The summed E-state index contributed by atoms with van der Waals surface area (Å²) in [4.78, 5) is -0.0159. The molecule has 6 nitrogen and oxygen atoms in total. The molecule has 0 saturated heterocycles. The Balaban J connectivity index is 1.53. The highest BCUT2D eigenvalue weighted by Gasteiger charge is 2.23. The predicted molar refractivity (Wildman–Crippen MR) is 118 cm³/mol. The maximum absolute atomic E-state index is 14.7. The van der Waals surface area contributed by atoms with E-state index in [4.69, 9.17) is 0 Å². The average molecular weight is 455 g/mol. The van der Waals surface area contributed by atoms with E-state index in [-0.39, 0.29) is 22.0 Å². The summed E-state index contributed by atoms with van der Waals surface area (Å²) in [6.45, 7) is 0.632. The lowest BCUT2D eigenvalue weighted by Gasteiger charge is -2.13. The Kier molecular flexibility index (Phi) is 5.13. The number of aromatic nitrogens is 3. The second-order valence-corrected chi connectivity index (χ2v) is 9.51. The van der Waals surface area contributed by atoms with Crippen LogP contribution in [-0.4, -0.2) is 23.2 Å². The normalized spacial score (nSPS) is 14.2. The number of anilines is 1. The highest BCUT2D eigenvalue weighted by atomic mass is 32.2. The Hall–Kier alpha value is -3.33. The highest BCUT2D eigenvalue weighted by Crippen LogP contribution is 2.31. The van der Waals surface area contributed by atoms with Gasteiger partial charge in [-0.15, -0.1) is 10.2 Å². The number of hydrogen-bond acceptors (Lipinski definition) is 4. The van der Waals surface area contributed by atoms with Crippen molar-refractivity contribution >= 4 is 26.5 Å². The maximum atomic E-state index is 14.7. The predicted octanol–water partition coefficient (Wildman–Crippen LogP) is 4.90. The van der Waals surface area contributed by atoms with Gasteiger partial charge in [-0.25, -0.2) is 17.2 Å². The van der Waals surface area contributed by atoms with Gasteiger partial charge in [-0.3, -0.25) is 4.72 Å². The standard InChI is InChI=1S/C23H20F2N4O2S/c24-19-14-20(25)21(13-18(19)23-27-26-22-8-2-1-5-11-29(22)23)28-32(30,31)17-10-9-15-6-3-4-7-16(15)12-17/h3-4,6-7,9-10,12-14,28H,1-2,5,8,11H2. The second-order valence-electron chi connectivity index (χ2n) is 7.83. The number of benzene rings is 3. The molecule has 32 heavy (non-hydrogen) atoms. The molecular formula is C23H20F2N4O2S. The molecule has 2 heterocycles. The van der Waals surface area contributed by atoms with Gasteiger partial charge in [0.05, 0.1) is 16.1 Å². The third-order valence-electron chi connectivity index (χ3n) is 5.68. The Morgan fingerprint density at radius 2 is 1.69 bits per heavy atom. The van der Waals surface area contributed by atoms with E-state index in [1.807, 2.05) is 16.7 Å². The SMILES string of the molecule is O=S(=O)(Nc1cc(-c2nnc3n2CCCCC3)c(F)cc1F)c1ccc2ccccc2c1. The third-order valence-corrected chi connectivity index (χ3v) is 7.05. The third kappa shape index (κ3) is 3.73. The molecule has 1 aliphatic rings. The number of aryl methyl sites for hydroxylation is 1. The molecule has 0 spiro atoms. The number of nitrogens with zero attached hydrogens (tertiary/aromatic N) is 3. The molecule has 0 atom stereocenters. The zero-order valence-electron chi connectivity index (χ0n) is 17.1. The Labute approximate surface area is 184 Å². The van der Waals surface area contributed by atoms with E-state index in [1.54, 1.807) is 18.2 Å². The van der Waals surface area contributed by atoms with Crippen LogP contribution in [0.4, 0.5) is 14.5 Å². The number of rotatable bonds is 4. The van der Waals surface area contributed by atoms with Crippen LogP contribution in [0.3, 0.4) is 0 Å². The number of fused-ring (bicyclic) bond motifs is 2. The molecule has 4 aromatic rings. The number of sulfonamides is 1. The summed E-state index contributed by atoms with van der Waals surface area (Å²) in [5.74, 6) is -0.813. The molecule has 0 bridgehead atoms. The molecule has 0 fully saturated rings. The highest BCUT2D eigenvalue weighted by molar-refractivity contribution is 7.92. The van der Waals surface area contributed by atoms with Crippen molar-refractivity contribution in [2.24, 2.45) is 0 Å². The van der Waals surface area contributed by atoms with Gasteiger partial charge in [-0.1, -0.05) is 36.8 Å². The van der Waals surface area contributed by atoms with Crippen molar-refractivity contribution in [3.05, 3.63) is 72.1 Å². The molecule has 164 valence electrons.